The van der Waals surface area contributed by atoms with Crippen LogP contribution in [0.15, 0.2) is 30.3 Å². The lowest BCUT2D eigenvalue weighted by molar-refractivity contribution is -0.907. The molecular formula is C22H32INO. The van der Waals surface area contributed by atoms with Crippen LogP contribution >= 0.6 is 0 Å². The summed E-state index contributed by atoms with van der Waals surface area (Å²) in [6, 6.07) is 10.1. The van der Waals surface area contributed by atoms with Gasteiger partial charge in [0.1, 0.15) is 6.54 Å². The van der Waals surface area contributed by atoms with Crippen molar-refractivity contribution < 1.29 is 33.6 Å². The van der Waals surface area contributed by atoms with Gasteiger partial charge in [0.15, 0.2) is 5.60 Å². The second-order valence-electron chi connectivity index (χ2n) is 8.05. The molecule has 2 fully saturated rings. The zero-order valence-corrected chi connectivity index (χ0v) is 17.7. The number of aliphatic hydroxyl groups is 1. The zero-order valence-electron chi connectivity index (χ0n) is 15.5. The summed E-state index contributed by atoms with van der Waals surface area (Å²) >= 11 is 0. The Kier molecular flexibility index (Phi) is 7.79. The fraction of sp³-hybridized carbons (Fsp3) is 0.636. The second kappa shape index (κ2) is 9.39. The highest BCUT2D eigenvalue weighted by molar-refractivity contribution is 5.33. The zero-order chi connectivity index (χ0) is 16.9. The summed E-state index contributed by atoms with van der Waals surface area (Å²) in [5.41, 5.74) is 0.00193. The number of quaternary nitrogens is 1. The molecule has 1 saturated heterocycles. The van der Waals surface area contributed by atoms with E-state index in [-0.39, 0.29) is 29.9 Å². The molecule has 1 aromatic carbocycles. The minimum Gasteiger partial charge on any atom is -1.00 e. The molecule has 1 atom stereocenters. The highest BCUT2D eigenvalue weighted by atomic mass is 127. The van der Waals surface area contributed by atoms with Gasteiger partial charge in [0.05, 0.1) is 20.1 Å². The standard InChI is InChI=1S/C22H32NO.HI/c1-23(17-9-4-10-18-23)19-11-16-22(24,20-12-5-2-6-13-20)21-14-7-3-8-15-21;/h2,5-6,12-13,21,24H,3-4,7-10,14-15,17-19H2,1H3;1H/q+1;/p-1. The molecule has 0 spiro atoms. The molecule has 1 unspecified atom stereocenters. The van der Waals surface area contributed by atoms with Crippen molar-refractivity contribution >= 4 is 0 Å². The van der Waals surface area contributed by atoms with E-state index in [4.69, 9.17) is 0 Å². The summed E-state index contributed by atoms with van der Waals surface area (Å²) in [5.74, 6) is 7.02. The van der Waals surface area contributed by atoms with Crippen LogP contribution in [0.3, 0.4) is 0 Å². The Labute approximate surface area is 170 Å². The summed E-state index contributed by atoms with van der Waals surface area (Å²) in [7, 11) is 2.32. The number of rotatable bonds is 3. The Hall–Kier alpha value is -0.570. The van der Waals surface area contributed by atoms with Crippen molar-refractivity contribution in [1.29, 1.82) is 0 Å². The van der Waals surface area contributed by atoms with Crippen molar-refractivity contribution in [2.24, 2.45) is 5.92 Å². The van der Waals surface area contributed by atoms with E-state index in [2.05, 4.69) is 18.9 Å². The van der Waals surface area contributed by atoms with E-state index in [0.717, 1.165) is 29.4 Å². The molecule has 0 aromatic heterocycles. The van der Waals surface area contributed by atoms with Gasteiger partial charge in [-0.05, 0) is 43.6 Å². The SMILES string of the molecule is C[N+]1(CC#CC(O)(c2ccccc2)C2CCCCC2)CCCCC1.[I-]. The van der Waals surface area contributed by atoms with Crippen LogP contribution < -0.4 is 24.0 Å². The first kappa shape index (κ1) is 20.7. The van der Waals surface area contributed by atoms with E-state index in [9.17, 15) is 5.11 Å². The lowest BCUT2D eigenvalue weighted by Gasteiger charge is -2.37. The molecule has 1 N–H and O–H groups in total. The first-order chi connectivity index (χ1) is 11.6. The van der Waals surface area contributed by atoms with Gasteiger partial charge in [-0.25, -0.2) is 0 Å². The minimum atomic E-state index is -0.976. The van der Waals surface area contributed by atoms with Gasteiger partial charge in [0.25, 0.3) is 0 Å². The predicted octanol–water partition coefficient (Wildman–Crippen LogP) is 1.09. The molecule has 1 heterocycles. The van der Waals surface area contributed by atoms with Gasteiger partial charge in [0.2, 0.25) is 0 Å². The average Bonchev–Trinajstić information content (AvgIpc) is 2.63. The van der Waals surface area contributed by atoms with Gasteiger partial charge < -0.3 is 33.6 Å². The molecule has 3 rings (SSSR count). The van der Waals surface area contributed by atoms with Crippen LogP contribution in [-0.2, 0) is 5.60 Å². The van der Waals surface area contributed by atoms with Crippen molar-refractivity contribution in [3.05, 3.63) is 35.9 Å². The highest BCUT2D eigenvalue weighted by Crippen LogP contribution is 2.39. The monoisotopic (exact) mass is 453 g/mol. The number of nitrogens with zero attached hydrogens (tertiary/aromatic N) is 1. The lowest BCUT2D eigenvalue weighted by atomic mass is 9.73. The molecule has 25 heavy (non-hydrogen) atoms. The first-order valence-electron chi connectivity index (χ1n) is 9.74. The van der Waals surface area contributed by atoms with Crippen molar-refractivity contribution in [2.45, 2.75) is 57.0 Å². The van der Waals surface area contributed by atoms with Crippen LogP contribution in [0.4, 0.5) is 0 Å². The molecule has 138 valence electrons. The van der Waals surface area contributed by atoms with Crippen LogP contribution in [0.5, 0.6) is 0 Å². The third-order valence-corrected chi connectivity index (χ3v) is 6.05. The van der Waals surface area contributed by atoms with Gasteiger partial charge in [-0.2, -0.15) is 0 Å². The van der Waals surface area contributed by atoms with Gasteiger partial charge >= 0.3 is 0 Å². The molecule has 0 amide bonds. The quantitative estimate of drug-likeness (QED) is 0.413. The molecule has 2 nitrogen and oxygen atoms in total. The maximum Gasteiger partial charge on any atom is 0.153 e. The second-order valence-corrected chi connectivity index (χ2v) is 8.05. The van der Waals surface area contributed by atoms with Crippen molar-refractivity contribution in [1.82, 2.24) is 0 Å². The maximum absolute atomic E-state index is 11.5. The molecule has 1 aliphatic heterocycles. The largest absolute Gasteiger partial charge is 1.00 e. The maximum atomic E-state index is 11.5. The molecule has 3 heteroatoms. The number of halogens is 1. The Bertz CT molecular complexity index is 579. The van der Waals surface area contributed by atoms with E-state index < -0.39 is 5.60 Å². The van der Waals surface area contributed by atoms with Crippen LogP contribution in [0.25, 0.3) is 0 Å². The summed E-state index contributed by atoms with van der Waals surface area (Å²) < 4.78 is 1.04. The van der Waals surface area contributed by atoms with Crippen molar-refractivity contribution in [3.8, 4) is 11.8 Å². The van der Waals surface area contributed by atoms with Crippen LogP contribution in [0.1, 0.15) is 56.9 Å². The minimum absolute atomic E-state index is 0. The fourth-order valence-electron chi connectivity index (χ4n) is 4.42. The third kappa shape index (κ3) is 5.21. The third-order valence-electron chi connectivity index (χ3n) is 6.05. The summed E-state index contributed by atoms with van der Waals surface area (Å²) in [4.78, 5) is 0. The van der Waals surface area contributed by atoms with Crippen molar-refractivity contribution in [3.63, 3.8) is 0 Å². The Morgan fingerprint density at radius 2 is 1.60 bits per heavy atom. The Morgan fingerprint density at radius 3 is 2.24 bits per heavy atom. The summed E-state index contributed by atoms with van der Waals surface area (Å²) in [6.07, 6.45) is 9.89. The van der Waals surface area contributed by atoms with Crippen LogP contribution in [0.2, 0.25) is 0 Å². The van der Waals surface area contributed by atoms with Gasteiger partial charge in [-0.3, -0.25) is 0 Å². The number of likely N-dealkylation sites (tertiary alicyclic amines) is 1. The van der Waals surface area contributed by atoms with E-state index in [0.29, 0.717) is 0 Å². The summed E-state index contributed by atoms with van der Waals surface area (Å²) in [5, 5.41) is 11.5. The van der Waals surface area contributed by atoms with E-state index in [1.165, 1.54) is 51.6 Å². The van der Waals surface area contributed by atoms with Crippen LogP contribution in [0, 0.1) is 17.8 Å². The molecule has 0 radical (unpaired) electrons. The Morgan fingerprint density at radius 1 is 1.00 bits per heavy atom. The number of hydrogen-bond donors (Lipinski definition) is 1. The average molecular weight is 453 g/mol. The molecule has 1 aliphatic carbocycles. The number of piperidine rings is 1. The Balaban J connectivity index is 0.00000225. The van der Waals surface area contributed by atoms with E-state index >= 15 is 0 Å². The molecule has 1 saturated carbocycles. The van der Waals surface area contributed by atoms with Crippen molar-refractivity contribution in [2.75, 3.05) is 26.7 Å². The highest BCUT2D eigenvalue weighted by Gasteiger charge is 2.37. The normalized spacial score (nSPS) is 22.8. The van der Waals surface area contributed by atoms with E-state index in [1.54, 1.807) is 0 Å². The summed E-state index contributed by atoms with van der Waals surface area (Å²) in [6.45, 7) is 3.31. The number of hydrogen-bond acceptors (Lipinski definition) is 1. The molecule has 2 aliphatic rings. The van der Waals surface area contributed by atoms with Gasteiger partial charge in [-0.1, -0.05) is 55.5 Å². The molecule has 0 bridgehead atoms. The van der Waals surface area contributed by atoms with Crippen LogP contribution in [-0.4, -0.2) is 36.3 Å². The van der Waals surface area contributed by atoms with Gasteiger partial charge in [-0.15, -0.1) is 0 Å². The topological polar surface area (TPSA) is 20.2 Å². The lowest BCUT2D eigenvalue weighted by Crippen LogP contribution is -3.00. The smallest absolute Gasteiger partial charge is 0.153 e. The fourth-order valence-corrected chi connectivity index (χ4v) is 4.42. The first-order valence-corrected chi connectivity index (χ1v) is 9.74. The van der Waals surface area contributed by atoms with Gasteiger partial charge in [0, 0.05) is 5.92 Å². The molecule has 1 aromatic rings. The predicted molar refractivity (Wildman–Crippen MR) is 99.3 cm³/mol. The number of benzene rings is 1. The van der Waals surface area contributed by atoms with E-state index in [1.807, 2.05) is 30.3 Å². The molecular weight excluding hydrogens is 421 g/mol.